The van der Waals surface area contributed by atoms with E-state index in [0.717, 1.165) is 5.56 Å². The van der Waals surface area contributed by atoms with E-state index in [0.29, 0.717) is 24.5 Å². The Balaban J connectivity index is 1.70. The second kappa shape index (κ2) is 4.96. The number of benzene rings is 1. The molecule has 1 aromatic heterocycles. The lowest BCUT2D eigenvalue weighted by atomic mass is 9.82. The number of amides is 1. The van der Waals surface area contributed by atoms with Gasteiger partial charge in [0.1, 0.15) is 5.60 Å². The van der Waals surface area contributed by atoms with Crippen LogP contribution in [0.1, 0.15) is 24.2 Å². The molecule has 21 heavy (non-hydrogen) atoms. The van der Waals surface area contributed by atoms with Crippen LogP contribution < -0.4 is 0 Å². The van der Waals surface area contributed by atoms with Crippen molar-refractivity contribution in [3.63, 3.8) is 0 Å². The molecule has 1 aromatic carbocycles. The highest BCUT2D eigenvalue weighted by Crippen LogP contribution is 2.30. The van der Waals surface area contributed by atoms with Gasteiger partial charge in [0.15, 0.2) is 0 Å². The molecular formula is C15H17N3O3. The quantitative estimate of drug-likeness (QED) is 0.927. The Bertz CT molecular complexity index is 629. The minimum Gasteiger partial charge on any atom is -0.423 e. The van der Waals surface area contributed by atoms with Crippen LogP contribution in [0.25, 0.3) is 11.5 Å². The van der Waals surface area contributed by atoms with E-state index in [1.165, 1.54) is 6.39 Å². The summed E-state index contributed by atoms with van der Waals surface area (Å²) in [5.41, 5.74) is 0.606. The molecule has 1 amide bonds. The number of rotatable bonds is 3. The Labute approximate surface area is 122 Å². The van der Waals surface area contributed by atoms with E-state index in [9.17, 15) is 9.90 Å². The molecule has 0 unspecified atom stereocenters. The summed E-state index contributed by atoms with van der Waals surface area (Å²) >= 11 is 0. The average molecular weight is 287 g/mol. The van der Waals surface area contributed by atoms with Crippen LogP contribution in [0.5, 0.6) is 0 Å². The summed E-state index contributed by atoms with van der Waals surface area (Å²) in [4.78, 5) is 14.0. The van der Waals surface area contributed by atoms with E-state index in [-0.39, 0.29) is 11.8 Å². The van der Waals surface area contributed by atoms with Gasteiger partial charge in [-0.25, -0.2) is 0 Å². The number of hydrogen-bond acceptors (Lipinski definition) is 5. The lowest BCUT2D eigenvalue weighted by molar-refractivity contribution is -0.110. The third kappa shape index (κ3) is 2.42. The van der Waals surface area contributed by atoms with E-state index < -0.39 is 5.60 Å². The Morgan fingerprint density at radius 3 is 2.52 bits per heavy atom. The van der Waals surface area contributed by atoms with Crippen molar-refractivity contribution >= 4 is 5.91 Å². The normalized spacial score (nSPS) is 16.9. The second-order valence-electron chi connectivity index (χ2n) is 5.74. The molecule has 0 radical (unpaired) electrons. The largest absolute Gasteiger partial charge is 0.423 e. The maximum Gasteiger partial charge on any atom is 0.254 e. The van der Waals surface area contributed by atoms with Crippen molar-refractivity contribution in [1.82, 2.24) is 15.1 Å². The molecule has 6 nitrogen and oxygen atoms in total. The van der Waals surface area contributed by atoms with E-state index in [1.807, 2.05) is 13.8 Å². The lowest BCUT2D eigenvalue weighted by Crippen LogP contribution is -2.65. The van der Waals surface area contributed by atoms with Crippen molar-refractivity contribution in [2.75, 3.05) is 13.1 Å². The SMILES string of the molecule is CC(C)C1(O)CN(C(=O)c2ccc(-c3nnco3)cc2)C1. The standard InChI is InChI=1S/C15H17N3O3/c1-10(2)15(20)7-18(8-15)14(19)12-5-3-11(4-6-12)13-17-16-9-21-13/h3-6,9-10,20H,7-8H2,1-2H3. The molecule has 6 heteroatoms. The van der Waals surface area contributed by atoms with Gasteiger partial charge in [-0.3, -0.25) is 4.79 Å². The first-order chi connectivity index (χ1) is 9.99. The smallest absolute Gasteiger partial charge is 0.254 e. The number of aliphatic hydroxyl groups is 1. The van der Waals surface area contributed by atoms with Gasteiger partial charge in [0.2, 0.25) is 12.3 Å². The monoisotopic (exact) mass is 287 g/mol. The Kier molecular flexibility index (Phi) is 3.25. The maximum absolute atomic E-state index is 12.3. The molecule has 1 fully saturated rings. The zero-order chi connectivity index (χ0) is 15.0. The zero-order valence-corrected chi connectivity index (χ0v) is 12.0. The van der Waals surface area contributed by atoms with Gasteiger partial charge >= 0.3 is 0 Å². The Hall–Kier alpha value is -2.21. The number of β-amino-alcohol motifs (C(OH)–C–C–N with tert-alkyl or cyclic N) is 1. The molecule has 1 aliphatic heterocycles. The number of hydrogen-bond donors (Lipinski definition) is 1. The van der Waals surface area contributed by atoms with Crippen molar-refractivity contribution in [3.05, 3.63) is 36.2 Å². The minimum atomic E-state index is -0.751. The van der Waals surface area contributed by atoms with Crippen LogP contribution in [0, 0.1) is 5.92 Å². The predicted octanol–water partition coefficient (Wildman–Crippen LogP) is 1.58. The topological polar surface area (TPSA) is 79.5 Å². The van der Waals surface area contributed by atoms with Crippen molar-refractivity contribution in [3.8, 4) is 11.5 Å². The van der Waals surface area contributed by atoms with Crippen molar-refractivity contribution in [2.24, 2.45) is 5.92 Å². The predicted molar refractivity (Wildman–Crippen MR) is 75.4 cm³/mol. The van der Waals surface area contributed by atoms with Gasteiger partial charge in [0.05, 0.1) is 13.1 Å². The van der Waals surface area contributed by atoms with Crippen molar-refractivity contribution < 1.29 is 14.3 Å². The third-order valence-electron chi connectivity index (χ3n) is 4.03. The summed E-state index contributed by atoms with van der Waals surface area (Å²) in [5.74, 6) is 0.492. The Morgan fingerprint density at radius 1 is 1.33 bits per heavy atom. The molecule has 1 N–H and O–H groups in total. The molecule has 1 saturated heterocycles. The summed E-state index contributed by atoms with van der Waals surface area (Å²) in [5, 5.41) is 17.6. The summed E-state index contributed by atoms with van der Waals surface area (Å²) < 4.78 is 5.10. The fourth-order valence-electron chi connectivity index (χ4n) is 2.36. The number of nitrogens with zero attached hydrogens (tertiary/aromatic N) is 3. The summed E-state index contributed by atoms with van der Waals surface area (Å²) in [7, 11) is 0. The highest BCUT2D eigenvalue weighted by atomic mass is 16.4. The molecule has 1 aliphatic rings. The van der Waals surface area contributed by atoms with Gasteiger partial charge in [-0.05, 0) is 30.2 Å². The van der Waals surface area contributed by atoms with E-state index in [1.54, 1.807) is 29.2 Å². The van der Waals surface area contributed by atoms with Crippen LogP contribution >= 0.6 is 0 Å². The van der Waals surface area contributed by atoms with Crippen LogP contribution in [0.4, 0.5) is 0 Å². The van der Waals surface area contributed by atoms with Gasteiger partial charge in [-0.2, -0.15) is 0 Å². The minimum absolute atomic E-state index is 0.0718. The molecule has 0 atom stereocenters. The highest BCUT2D eigenvalue weighted by Gasteiger charge is 2.45. The van der Waals surface area contributed by atoms with Crippen LogP contribution in [-0.4, -0.2) is 44.8 Å². The summed E-state index contributed by atoms with van der Waals surface area (Å²) in [6, 6.07) is 7.01. The van der Waals surface area contributed by atoms with Crippen LogP contribution in [-0.2, 0) is 0 Å². The molecule has 2 aromatic rings. The number of aromatic nitrogens is 2. The highest BCUT2D eigenvalue weighted by molar-refractivity contribution is 5.95. The number of likely N-dealkylation sites (tertiary alicyclic amines) is 1. The van der Waals surface area contributed by atoms with Crippen molar-refractivity contribution in [1.29, 1.82) is 0 Å². The summed E-state index contributed by atoms with van der Waals surface area (Å²) in [6.45, 7) is 4.69. The molecule has 0 aliphatic carbocycles. The van der Waals surface area contributed by atoms with Gasteiger partial charge in [0, 0.05) is 11.1 Å². The molecule has 0 bridgehead atoms. The van der Waals surface area contributed by atoms with Gasteiger partial charge in [-0.1, -0.05) is 13.8 Å². The van der Waals surface area contributed by atoms with Gasteiger partial charge in [0.25, 0.3) is 5.91 Å². The van der Waals surface area contributed by atoms with Gasteiger partial charge in [-0.15, -0.1) is 10.2 Å². The van der Waals surface area contributed by atoms with Crippen LogP contribution in [0.3, 0.4) is 0 Å². The van der Waals surface area contributed by atoms with E-state index in [2.05, 4.69) is 10.2 Å². The average Bonchev–Trinajstić information content (AvgIpc) is 2.97. The molecule has 0 saturated carbocycles. The van der Waals surface area contributed by atoms with E-state index in [4.69, 9.17) is 4.42 Å². The second-order valence-corrected chi connectivity index (χ2v) is 5.74. The molecule has 2 heterocycles. The van der Waals surface area contributed by atoms with Crippen molar-refractivity contribution in [2.45, 2.75) is 19.4 Å². The first kappa shape index (κ1) is 13.8. The zero-order valence-electron chi connectivity index (χ0n) is 12.0. The first-order valence-corrected chi connectivity index (χ1v) is 6.88. The fourth-order valence-corrected chi connectivity index (χ4v) is 2.36. The number of carbonyl (C=O) groups is 1. The Morgan fingerprint density at radius 2 is 2.00 bits per heavy atom. The molecular weight excluding hydrogens is 270 g/mol. The van der Waals surface area contributed by atoms with E-state index >= 15 is 0 Å². The lowest BCUT2D eigenvalue weighted by Gasteiger charge is -2.49. The first-order valence-electron chi connectivity index (χ1n) is 6.88. The molecule has 110 valence electrons. The molecule has 0 spiro atoms. The third-order valence-corrected chi connectivity index (χ3v) is 4.03. The number of carbonyl (C=O) groups excluding carboxylic acids is 1. The van der Waals surface area contributed by atoms with Gasteiger partial charge < -0.3 is 14.4 Å². The summed E-state index contributed by atoms with van der Waals surface area (Å²) in [6.07, 6.45) is 1.27. The van der Waals surface area contributed by atoms with Crippen LogP contribution in [0.15, 0.2) is 35.1 Å². The maximum atomic E-state index is 12.3. The van der Waals surface area contributed by atoms with Crippen LogP contribution in [0.2, 0.25) is 0 Å². The fraction of sp³-hybridized carbons (Fsp3) is 0.400. The molecule has 3 rings (SSSR count).